The Morgan fingerprint density at radius 2 is 1.90 bits per heavy atom. The van der Waals surface area contributed by atoms with E-state index in [1.807, 2.05) is 6.07 Å². The summed E-state index contributed by atoms with van der Waals surface area (Å²) in [6.07, 6.45) is 1.51. The summed E-state index contributed by atoms with van der Waals surface area (Å²) in [5, 5.41) is 13.6. The van der Waals surface area contributed by atoms with Crippen LogP contribution in [0.3, 0.4) is 0 Å². The molecule has 0 bridgehead atoms. The molecule has 21 heavy (non-hydrogen) atoms. The lowest BCUT2D eigenvalue weighted by molar-refractivity contribution is 0.432. The molecule has 0 N–H and O–H groups in total. The lowest BCUT2D eigenvalue weighted by Crippen LogP contribution is -1.85. The molecule has 0 atom stereocenters. The van der Waals surface area contributed by atoms with E-state index in [-0.39, 0.29) is 5.69 Å². The Kier molecular flexibility index (Phi) is 3.57. The van der Waals surface area contributed by atoms with E-state index < -0.39 is 0 Å². The van der Waals surface area contributed by atoms with Crippen LogP contribution in [-0.4, -0.2) is 15.1 Å². The van der Waals surface area contributed by atoms with Crippen LogP contribution in [0.15, 0.2) is 41.1 Å². The number of hydrogen-bond donors (Lipinski definition) is 0. The predicted molar refractivity (Wildman–Crippen MR) is 77.7 cm³/mol. The van der Waals surface area contributed by atoms with Crippen molar-refractivity contribution < 1.29 is 4.52 Å². The minimum absolute atomic E-state index is 0.279. The van der Waals surface area contributed by atoms with Crippen molar-refractivity contribution in [3.8, 4) is 28.9 Å². The van der Waals surface area contributed by atoms with E-state index in [9.17, 15) is 0 Å². The maximum atomic E-state index is 8.84. The molecule has 0 radical (unpaired) electrons. The molecule has 0 amide bonds. The number of pyridine rings is 1. The molecule has 3 rings (SSSR count). The van der Waals surface area contributed by atoms with Crippen LogP contribution in [0.5, 0.6) is 0 Å². The van der Waals surface area contributed by atoms with Gasteiger partial charge in [0.15, 0.2) is 0 Å². The summed E-state index contributed by atoms with van der Waals surface area (Å²) >= 11 is 11.8. The van der Waals surface area contributed by atoms with Gasteiger partial charge in [-0.3, -0.25) is 0 Å². The lowest BCUT2D eigenvalue weighted by atomic mass is 10.2. The Hall–Kier alpha value is -2.42. The highest BCUT2D eigenvalue weighted by molar-refractivity contribution is 6.42. The van der Waals surface area contributed by atoms with E-state index in [1.165, 1.54) is 6.20 Å². The second-order valence-electron chi connectivity index (χ2n) is 4.09. The topological polar surface area (TPSA) is 75.6 Å². The third-order valence-corrected chi connectivity index (χ3v) is 3.46. The first kappa shape index (κ1) is 13.6. The Morgan fingerprint density at radius 1 is 1.05 bits per heavy atom. The van der Waals surface area contributed by atoms with E-state index in [2.05, 4.69) is 15.1 Å². The molecule has 2 aromatic heterocycles. The molecule has 102 valence electrons. The summed E-state index contributed by atoms with van der Waals surface area (Å²) in [7, 11) is 0. The lowest BCUT2D eigenvalue weighted by Gasteiger charge is -1.97. The minimum Gasteiger partial charge on any atom is -0.334 e. The molecule has 7 heteroatoms. The number of nitrogens with zero attached hydrogens (tertiary/aromatic N) is 4. The van der Waals surface area contributed by atoms with Crippen LogP contribution in [0.25, 0.3) is 22.8 Å². The highest BCUT2D eigenvalue weighted by Crippen LogP contribution is 2.28. The average molecular weight is 317 g/mol. The molecule has 0 saturated heterocycles. The Labute approximate surface area is 129 Å². The number of nitriles is 1. The molecule has 2 heterocycles. The van der Waals surface area contributed by atoms with Gasteiger partial charge in [0.2, 0.25) is 5.82 Å². The fourth-order valence-corrected chi connectivity index (χ4v) is 2.02. The fraction of sp³-hybridized carbons (Fsp3) is 0. The smallest absolute Gasteiger partial charge is 0.258 e. The van der Waals surface area contributed by atoms with E-state index in [0.717, 1.165) is 0 Å². The SMILES string of the molecule is N#Cc1cc(-c2nc(-c3ccc(Cl)c(Cl)c3)no2)ccn1. The zero-order chi connectivity index (χ0) is 14.8. The molecular formula is C14H6Cl2N4O. The normalized spacial score (nSPS) is 10.3. The maximum absolute atomic E-state index is 8.84. The van der Waals surface area contributed by atoms with E-state index in [0.29, 0.717) is 32.9 Å². The molecule has 0 unspecified atom stereocenters. The standard InChI is InChI=1S/C14H6Cl2N4O/c15-11-2-1-8(6-12(11)16)13-19-14(21-20-13)9-3-4-18-10(5-9)7-17/h1-6H. The molecule has 0 aliphatic rings. The van der Waals surface area contributed by atoms with Crippen LogP contribution in [0.1, 0.15) is 5.69 Å². The van der Waals surface area contributed by atoms with Crippen LogP contribution < -0.4 is 0 Å². The first-order valence-corrected chi connectivity index (χ1v) is 6.58. The van der Waals surface area contributed by atoms with Crippen molar-refractivity contribution in [3.63, 3.8) is 0 Å². The van der Waals surface area contributed by atoms with Crippen molar-refractivity contribution in [1.29, 1.82) is 5.26 Å². The van der Waals surface area contributed by atoms with Gasteiger partial charge in [0.1, 0.15) is 11.8 Å². The summed E-state index contributed by atoms with van der Waals surface area (Å²) in [6.45, 7) is 0. The second-order valence-corrected chi connectivity index (χ2v) is 4.91. The zero-order valence-corrected chi connectivity index (χ0v) is 11.9. The Bertz CT molecular complexity index is 854. The van der Waals surface area contributed by atoms with Crippen molar-refractivity contribution in [3.05, 3.63) is 52.3 Å². The van der Waals surface area contributed by atoms with Crippen LogP contribution in [-0.2, 0) is 0 Å². The number of hydrogen-bond acceptors (Lipinski definition) is 5. The van der Waals surface area contributed by atoms with Crippen LogP contribution >= 0.6 is 23.2 Å². The third-order valence-electron chi connectivity index (χ3n) is 2.73. The van der Waals surface area contributed by atoms with Crippen LogP contribution in [0.4, 0.5) is 0 Å². The van der Waals surface area contributed by atoms with Crippen molar-refractivity contribution in [2.45, 2.75) is 0 Å². The first-order chi connectivity index (χ1) is 10.2. The van der Waals surface area contributed by atoms with Crippen LogP contribution in [0, 0.1) is 11.3 Å². The van der Waals surface area contributed by atoms with Crippen molar-refractivity contribution in [1.82, 2.24) is 15.1 Å². The van der Waals surface area contributed by atoms with Crippen molar-refractivity contribution in [2.75, 3.05) is 0 Å². The summed E-state index contributed by atoms with van der Waals surface area (Å²) in [5.41, 5.74) is 1.59. The van der Waals surface area contributed by atoms with Gasteiger partial charge in [-0.25, -0.2) is 4.98 Å². The molecule has 0 saturated carbocycles. The summed E-state index contributed by atoms with van der Waals surface area (Å²) in [6, 6.07) is 10.3. The number of aromatic nitrogens is 3. The van der Waals surface area contributed by atoms with Crippen LogP contribution in [0.2, 0.25) is 10.0 Å². The number of benzene rings is 1. The molecule has 0 spiro atoms. The Morgan fingerprint density at radius 3 is 2.67 bits per heavy atom. The molecule has 3 aromatic rings. The fourth-order valence-electron chi connectivity index (χ4n) is 1.72. The molecule has 0 fully saturated rings. The number of rotatable bonds is 2. The average Bonchev–Trinajstić information content (AvgIpc) is 3.00. The largest absolute Gasteiger partial charge is 0.334 e. The highest BCUT2D eigenvalue weighted by atomic mass is 35.5. The van der Waals surface area contributed by atoms with Gasteiger partial charge in [-0.15, -0.1) is 0 Å². The monoisotopic (exact) mass is 316 g/mol. The number of halogens is 2. The van der Waals surface area contributed by atoms with Gasteiger partial charge in [-0.1, -0.05) is 28.4 Å². The van der Waals surface area contributed by atoms with E-state index >= 15 is 0 Å². The van der Waals surface area contributed by atoms with E-state index in [4.69, 9.17) is 33.0 Å². The third kappa shape index (κ3) is 2.72. The molecule has 0 aliphatic heterocycles. The summed E-state index contributed by atoms with van der Waals surface area (Å²) in [4.78, 5) is 8.17. The maximum Gasteiger partial charge on any atom is 0.258 e. The van der Waals surface area contributed by atoms with Gasteiger partial charge in [0.05, 0.1) is 10.0 Å². The van der Waals surface area contributed by atoms with Gasteiger partial charge < -0.3 is 4.52 Å². The van der Waals surface area contributed by atoms with Gasteiger partial charge in [0, 0.05) is 17.3 Å². The molecule has 1 aromatic carbocycles. The minimum atomic E-state index is 0.279. The predicted octanol–water partition coefficient (Wildman–Crippen LogP) is 3.98. The Balaban J connectivity index is 1.99. The molecular weight excluding hydrogens is 311 g/mol. The van der Waals surface area contributed by atoms with Gasteiger partial charge in [-0.05, 0) is 30.3 Å². The second kappa shape index (κ2) is 5.52. The van der Waals surface area contributed by atoms with Crippen molar-refractivity contribution >= 4 is 23.2 Å². The van der Waals surface area contributed by atoms with Gasteiger partial charge >= 0.3 is 0 Å². The molecule has 0 aliphatic carbocycles. The van der Waals surface area contributed by atoms with E-state index in [1.54, 1.807) is 30.3 Å². The summed E-state index contributed by atoms with van der Waals surface area (Å²) < 4.78 is 5.20. The zero-order valence-electron chi connectivity index (χ0n) is 10.4. The van der Waals surface area contributed by atoms with Gasteiger partial charge in [-0.2, -0.15) is 10.2 Å². The highest BCUT2D eigenvalue weighted by Gasteiger charge is 2.12. The first-order valence-electron chi connectivity index (χ1n) is 5.83. The van der Waals surface area contributed by atoms with Gasteiger partial charge in [0.25, 0.3) is 5.89 Å². The van der Waals surface area contributed by atoms with Crippen molar-refractivity contribution in [2.24, 2.45) is 0 Å². The molecule has 5 nitrogen and oxygen atoms in total. The quantitative estimate of drug-likeness (QED) is 0.714. The summed E-state index contributed by atoms with van der Waals surface area (Å²) in [5.74, 6) is 0.689.